The van der Waals surface area contributed by atoms with Gasteiger partial charge < -0.3 is 9.80 Å². The molecule has 0 saturated carbocycles. The van der Waals surface area contributed by atoms with E-state index in [-0.39, 0.29) is 5.91 Å². The molecule has 3 nitrogen and oxygen atoms in total. The van der Waals surface area contributed by atoms with Crippen molar-refractivity contribution in [1.82, 2.24) is 9.80 Å². The molecule has 112 valence electrons. The summed E-state index contributed by atoms with van der Waals surface area (Å²) in [5, 5.41) is 0. The number of amides is 1. The number of carbonyl (C=O) groups is 1. The lowest BCUT2D eigenvalue weighted by molar-refractivity contribution is 0.0630. The topological polar surface area (TPSA) is 23.6 Å². The fourth-order valence-electron chi connectivity index (χ4n) is 4.53. The van der Waals surface area contributed by atoms with Gasteiger partial charge in [0.25, 0.3) is 5.91 Å². The van der Waals surface area contributed by atoms with Gasteiger partial charge in [-0.3, -0.25) is 4.79 Å². The van der Waals surface area contributed by atoms with Crippen LogP contribution in [0.5, 0.6) is 0 Å². The summed E-state index contributed by atoms with van der Waals surface area (Å²) in [4.78, 5) is 17.6. The molecule has 1 aromatic carbocycles. The molecule has 0 bridgehead atoms. The Morgan fingerprint density at radius 2 is 2.05 bits per heavy atom. The number of rotatable bonds is 1. The third-order valence-electron chi connectivity index (χ3n) is 5.70. The Bertz CT molecular complexity index is 568. The maximum Gasteiger partial charge on any atom is 0.254 e. The first-order valence-corrected chi connectivity index (χ1v) is 8.34. The van der Waals surface area contributed by atoms with Crippen molar-refractivity contribution < 1.29 is 4.79 Å². The molecule has 1 amide bonds. The van der Waals surface area contributed by atoms with E-state index in [9.17, 15) is 4.79 Å². The monoisotopic (exact) mass is 284 g/mol. The Morgan fingerprint density at radius 1 is 1.19 bits per heavy atom. The number of nitrogens with zero attached hydrogens (tertiary/aromatic N) is 2. The van der Waals surface area contributed by atoms with Crippen molar-refractivity contribution in [3.05, 3.63) is 34.9 Å². The van der Waals surface area contributed by atoms with Gasteiger partial charge in [-0.1, -0.05) is 12.1 Å². The highest BCUT2D eigenvalue weighted by Gasteiger charge is 2.40. The first-order chi connectivity index (χ1) is 10.2. The summed E-state index contributed by atoms with van der Waals surface area (Å²) < 4.78 is 0. The molecule has 4 rings (SSSR count). The normalized spacial score (nSPS) is 28.5. The fourth-order valence-corrected chi connectivity index (χ4v) is 4.53. The zero-order valence-electron chi connectivity index (χ0n) is 12.8. The molecule has 3 aliphatic rings. The second-order valence-corrected chi connectivity index (χ2v) is 6.96. The molecule has 3 heteroatoms. The van der Waals surface area contributed by atoms with Crippen molar-refractivity contribution in [2.24, 2.45) is 5.92 Å². The van der Waals surface area contributed by atoms with Crippen LogP contribution in [-0.4, -0.2) is 48.4 Å². The third kappa shape index (κ3) is 2.18. The van der Waals surface area contributed by atoms with E-state index >= 15 is 0 Å². The van der Waals surface area contributed by atoms with Crippen molar-refractivity contribution in [3.63, 3.8) is 0 Å². The van der Waals surface area contributed by atoms with Gasteiger partial charge in [0, 0.05) is 24.7 Å². The first-order valence-electron chi connectivity index (χ1n) is 8.34. The van der Waals surface area contributed by atoms with E-state index in [2.05, 4.69) is 29.0 Å². The molecule has 1 aliphatic carbocycles. The molecule has 1 aromatic rings. The van der Waals surface area contributed by atoms with Gasteiger partial charge in [0.2, 0.25) is 0 Å². The molecule has 2 heterocycles. The van der Waals surface area contributed by atoms with Gasteiger partial charge in [0.15, 0.2) is 0 Å². The van der Waals surface area contributed by atoms with Crippen molar-refractivity contribution in [1.29, 1.82) is 0 Å². The van der Waals surface area contributed by atoms with Crippen molar-refractivity contribution in [3.8, 4) is 0 Å². The van der Waals surface area contributed by atoms with Crippen LogP contribution in [0.15, 0.2) is 18.2 Å². The van der Waals surface area contributed by atoms with Crippen LogP contribution in [-0.2, 0) is 12.8 Å². The summed E-state index contributed by atoms with van der Waals surface area (Å²) in [5.41, 5.74) is 3.71. The summed E-state index contributed by atoms with van der Waals surface area (Å²) in [6.45, 7) is 3.18. The Labute approximate surface area is 126 Å². The van der Waals surface area contributed by atoms with Crippen molar-refractivity contribution in [2.45, 2.75) is 38.1 Å². The number of likely N-dealkylation sites (tertiary alicyclic amines) is 2. The summed E-state index contributed by atoms with van der Waals surface area (Å²) in [5.74, 6) is 1.01. The number of piperidine rings is 1. The lowest BCUT2D eigenvalue weighted by Gasteiger charge is -2.36. The predicted octanol–water partition coefficient (Wildman–Crippen LogP) is 2.34. The second kappa shape index (κ2) is 5.13. The molecule has 2 saturated heterocycles. The fraction of sp³-hybridized carbons (Fsp3) is 0.611. The smallest absolute Gasteiger partial charge is 0.254 e. The minimum Gasteiger partial charge on any atom is -0.334 e. The Morgan fingerprint density at radius 3 is 2.95 bits per heavy atom. The molecule has 2 atom stereocenters. The maximum atomic E-state index is 13.1. The van der Waals surface area contributed by atoms with Crippen LogP contribution in [0.25, 0.3) is 0 Å². The van der Waals surface area contributed by atoms with Gasteiger partial charge in [0.05, 0.1) is 0 Å². The number of hydrogen-bond acceptors (Lipinski definition) is 2. The average molecular weight is 284 g/mol. The first kappa shape index (κ1) is 13.3. The lowest BCUT2D eigenvalue weighted by atomic mass is 9.92. The number of hydrogen-bond donors (Lipinski definition) is 0. The minimum atomic E-state index is 0.288. The summed E-state index contributed by atoms with van der Waals surface area (Å²) >= 11 is 0. The Hall–Kier alpha value is -1.35. The minimum absolute atomic E-state index is 0.288. The summed E-state index contributed by atoms with van der Waals surface area (Å²) in [6.07, 6.45) is 5.87. The van der Waals surface area contributed by atoms with E-state index in [1.54, 1.807) is 0 Å². The number of benzene rings is 1. The predicted molar refractivity (Wildman–Crippen MR) is 83.5 cm³/mol. The SMILES string of the molecule is CN1CC[C@H]2CCN(C(=O)c3cccc4c3CCC4)[C@@H]2C1. The van der Waals surface area contributed by atoms with Gasteiger partial charge in [-0.25, -0.2) is 0 Å². The summed E-state index contributed by atoms with van der Waals surface area (Å²) in [7, 11) is 2.18. The van der Waals surface area contributed by atoms with Crippen molar-refractivity contribution in [2.75, 3.05) is 26.7 Å². The molecule has 2 aliphatic heterocycles. The van der Waals surface area contributed by atoms with Crippen LogP contribution in [0.4, 0.5) is 0 Å². The molecule has 0 aromatic heterocycles. The van der Waals surface area contributed by atoms with Crippen LogP contribution in [0.2, 0.25) is 0 Å². The zero-order valence-corrected chi connectivity index (χ0v) is 12.8. The van der Waals surface area contributed by atoms with Gasteiger partial charge in [-0.05, 0) is 68.8 Å². The molecule has 21 heavy (non-hydrogen) atoms. The van der Waals surface area contributed by atoms with Crippen LogP contribution >= 0.6 is 0 Å². The molecule has 0 N–H and O–H groups in total. The van der Waals surface area contributed by atoms with Crippen LogP contribution in [0.3, 0.4) is 0 Å². The molecule has 0 unspecified atom stereocenters. The largest absolute Gasteiger partial charge is 0.334 e. The molecular formula is C18H24N2O. The average Bonchev–Trinajstić information content (AvgIpc) is 3.12. The van der Waals surface area contributed by atoms with Crippen LogP contribution in [0, 0.1) is 5.92 Å². The van der Waals surface area contributed by atoms with Crippen LogP contribution < -0.4 is 0 Å². The molecule has 2 fully saturated rings. The number of likely N-dealkylation sites (N-methyl/N-ethyl adjacent to an activating group) is 1. The zero-order chi connectivity index (χ0) is 14.4. The number of fused-ring (bicyclic) bond motifs is 2. The van der Waals surface area contributed by atoms with E-state index < -0.39 is 0 Å². The highest BCUT2D eigenvalue weighted by atomic mass is 16.2. The second-order valence-electron chi connectivity index (χ2n) is 6.96. The highest BCUT2D eigenvalue weighted by molar-refractivity contribution is 5.96. The van der Waals surface area contributed by atoms with E-state index in [4.69, 9.17) is 0 Å². The van der Waals surface area contributed by atoms with E-state index in [1.807, 2.05) is 6.07 Å². The number of aryl methyl sites for hydroxylation is 1. The summed E-state index contributed by atoms with van der Waals surface area (Å²) in [6, 6.07) is 6.75. The molecular weight excluding hydrogens is 260 g/mol. The molecule has 0 radical (unpaired) electrons. The highest BCUT2D eigenvalue weighted by Crippen LogP contribution is 2.34. The standard InChI is InChI=1S/C18H24N2O/c1-19-10-8-14-9-11-20(17(14)12-19)18(21)16-7-3-5-13-4-2-6-15(13)16/h3,5,7,14,17H,2,4,6,8-12H2,1H3/t14-,17+/m0/s1. The maximum absolute atomic E-state index is 13.1. The van der Waals surface area contributed by atoms with Gasteiger partial charge in [-0.2, -0.15) is 0 Å². The van der Waals surface area contributed by atoms with Gasteiger partial charge in [-0.15, -0.1) is 0 Å². The van der Waals surface area contributed by atoms with E-state index in [0.717, 1.165) is 37.4 Å². The van der Waals surface area contributed by atoms with Crippen LogP contribution in [0.1, 0.15) is 40.7 Å². The quantitative estimate of drug-likeness (QED) is 0.790. The Balaban J connectivity index is 1.62. The Kier molecular flexibility index (Phi) is 3.26. The van der Waals surface area contributed by atoms with Gasteiger partial charge in [0.1, 0.15) is 0 Å². The molecule has 0 spiro atoms. The van der Waals surface area contributed by atoms with E-state index in [1.165, 1.54) is 36.9 Å². The van der Waals surface area contributed by atoms with Crippen molar-refractivity contribution >= 4 is 5.91 Å². The third-order valence-corrected chi connectivity index (χ3v) is 5.70. The van der Waals surface area contributed by atoms with E-state index in [0.29, 0.717) is 6.04 Å². The van der Waals surface area contributed by atoms with Gasteiger partial charge >= 0.3 is 0 Å². The number of carbonyl (C=O) groups excluding carboxylic acids is 1. The lowest BCUT2D eigenvalue weighted by Crippen LogP contribution is -2.48.